The summed E-state index contributed by atoms with van der Waals surface area (Å²) >= 11 is 0. The van der Waals surface area contributed by atoms with E-state index in [1.807, 2.05) is 19.0 Å². The van der Waals surface area contributed by atoms with Gasteiger partial charge in [0.25, 0.3) is 0 Å². The minimum Gasteiger partial charge on any atom is -0.480 e. The molecule has 1 rings (SSSR count). The summed E-state index contributed by atoms with van der Waals surface area (Å²) in [5.74, 6) is -1.39. The van der Waals surface area contributed by atoms with Gasteiger partial charge in [0.15, 0.2) is 0 Å². The Kier molecular flexibility index (Phi) is 5.32. The highest BCUT2D eigenvalue weighted by Crippen LogP contribution is 2.15. The fraction of sp³-hybridized carbons (Fsp3) is 0.385. The fourth-order valence-corrected chi connectivity index (χ4v) is 1.62. The van der Waals surface area contributed by atoms with Crippen LogP contribution in [0, 0.1) is 0 Å². The van der Waals surface area contributed by atoms with Gasteiger partial charge in [-0.25, -0.2) is 0 Å². The number of carboxylic acids is 1. The molecule has 0 atom stereocenters. The third-order valence-corrected chi connectivity index (χ3v) is 2.66. The molecule has 0 aromatic heterocycles. The predicted octanol–water partition coefficient (Wildman–Crippen LogP) is 0.238. The minimum absolute atomic E-state index is 0.0796. The third kappa shape index (κ3) is 4.97. The van der Waals surface area contributed by atoms with E-state index in [9.17, 15) is 9.59 Å². The molecule has 0 radical (unpaired) electrons. The Labute approximate surface area is 112 Å². The Balaban J connectivity index is 2.83. The lowest BCUT2D eigenvalue weighted by molar-refractivity contribution is -0.135. The molecule has 0 aliphatic carbocycles. The number of nitrogens with two attached hydrogens (primary N) is 1. The summed E-state index contributed by atoms with van der Waals surface area (Å²) in [6, 6.07) is 6.61. The highest BCUT2D eigenvalue weighted by Gasteiger charge is 2.11. The second-order valence-electron chi connectivity index (χ2n) is 4.53. The summed E-state index contributed by atoms with van der Waals surface area (Å²) in [6.45, 7) is 1.25. The number of likely N-dealkylation sites (N-methyl/N-ethyl adjacent to an activating group) is 1. The number of carboxylic acid groups (broad SMARTS) is 1. The van der Waals surface area contributed by atoms with Gasteiger partial charge in [0.2, 0.25) is 5.91 Å². The van der Waals surface area contributed by atoms with Crippen LogP contribution in [0.1, 0.15) is 10.4 Å². The molecule has 1 aromatic carbocycles. The molecule has 0 bridgehead atoms. The largest absolute Gasteiger partial charge is 0.480 e. The number of hydrogen-bond donors (Lipinski definition) is 2. The van der Waals surface area contributed by atoms with Gasteiger partial charge in [0.1, 0.15) is 6.54 Å². The first kappa shape index (κ1) is 15.0. The molecule has 0 heterocycles. The second-order valence-corrected chi connectivity index (χ2v) is 4.53. The van der Waals surface area contributed by atoms with E-state index in [0.717, 1.165) is 12.2 Å². The fourth-order valence-electron chi connectivity index (χ4n) is 1.62. The first-order valence-electron chi connectivity index (χ1n) is 5.91. The zero-order valence-corrected chi connectivity index (χ0v) is 11.2. The Morgan fingerprint density at radius 1 is 1.16 bits per heavy atom. The molecular formula is C13H19N3O3. The number of benzene rings is 1. The van der Waals surface area contributed by atoms with Crippen LogP contribution in [0.15, 0.2) is 24.3 Å². The molecule has 0 spiro atoms. The molecule has 0 saturated carbocycles. The lowest BCUT2D eigenvalue weighted by atomic mass is 10.2. The molecule has 6 nitrogen and oxygen atoms in total. The summed E-state index contributed by atoms with van der Waals surface area (Å²) in [5.41, 5.74) is 6.33. The van der Waals surface area contributed by atoms with Crippen LogP contribution in [-0.4, -0.2) is 55.6 Å². The molecule has 0 aliphatic rings. The molecule has 0 saturated heterocycles. The van der Waals surface area contributed by atoms with Crippen molar-refractivity contribution in [2.75, 3.05) is 38.6 Å². The van der Waals surface area contributed by atoms with Gasteiger partial charge >= 0.3 is 5.97 Å². The number of anilines is 1. The van der Waals surface area contributed by atoms with Crippen LogP contribution in [-0.2, 0) is 4.79 Å². The van der Waals surface area contributed by atoms with E-state index in [1.165, 1.54) is 0 Å². The van der Waals surface area contributed by atoms with Gasteiger partial charge in [0, 0.05) is 24.3 Å². The van der Waals surface area contributed by atoms with Crippen molar-refractivity contribution >= 4 is 17.6 Å². The van der Waals surface area contributed by atoms with Gasteiger partial charge in [-0.3, -0.25) is 9.59 Å². The minimum atomic E-state index is -0.891. The number of carbonyl (C=O) groups is 2. The van der Waals surface area contributed by atoms with Crippen molar-refractivity contribution in [3.05, 3.63) is 29.8 Å². The van der Waals surface area contributed by atoms with Crippen LogP contribution in [0.3, 0.4) is 0 Å². The molecule has 1 aromatic rings. The van der Waals surface area contributed by atoms with E-state index in [4.69, 9.17) is 10.8 Å². The van der Waals surface area contributed by atoms with Crippen LogP contribution >= 0.6 is 0 Å². The normalized spacial score (nSPS) is 10.5. The quantitative estimate of drug-likeness (QED) is 0.737. The van der Waals surface area contributed by atoms with E-state index in [0.29, 0.717) is 12.1 Å². The first-order chi connectivity index (χ1) is 8.90. The number of carbonyl (C=O) groups excluding carboxylic acids is 1. The Morgan fingerprint density at radius 2 is 1.74 bits per heavy atom. The molecule has 6 heteroatoms. The molecular weight excluding hydrogens is 246 g/mol. The molecule has 1 amide bonds. The predicted molar refractivity (Wildman–Crippen MR) is 73.4 cm³/mol. The van der Waals surface area contributed by atoms with Gasteiger partial charge in [-0.15, -0.1) is 0 Å². The Morgan fingerprint density at radius 3 is 2.16 bits per heavy atom. The molecule has 104 valence electrons. The van der Waals surface area contributed by atoms with E-state index in [-0.39, 0.29) is 6.54 Å². The van der Waals surface area contributed by atoms with Crippen molar-refractivity contribution in [1.82, 2.24) is 4.90 Å². The van der Waals surface area contributed by atoms with Crippen LogP contribution in [0.25, 0.3) is 0 Å². The number of hydrogen-bond acceptors (Lipinski definition) is 4. The molecule has 3 N–H and O–H groups in total. The number of nitrogens with zero attached hydrogens (tertiary/aromatic N) is 2. The zero-order valence-electron chi connectivity index (χ0n) is 11.2. The van der Waals surface area contributed by atoms with Crippen LogP contribution in [0.2, 0.25) is 0 Å². The van der Waals surface area contributed by atoms with E-state index >= 15 is 0 Å². The van der Waals surface area contributed by atoms with Crippen molar-refractivity contribution in [2.45, 2.75) is 0 Å². The average molecular weight is 265 g/mol. The number of rotatable bonds is 7. The summed E-state index contributed by atoms with van der Waals surface area (Å²) < 4.78 is 0. The Hall–Kier alpha value is -2.08. The van der Waals surface area contributed by atoms with Gasteiger partial charge in [-0.1, -0.05) is 0 Å². The second kappa shape index (κ2) is 6.75. The van der Waals surface area contributed by atoms with Crippen molar-refractivity contribution in [2.24, 2.45) is 5.73 Å². The van der Waals surface area contributed by atoms with Crippen molar-refractivity contribution in [3.63, 3.8) is 0 Å². The Bertz CT molecular complexity index is 443. The summed E-state index contributed by atoms with van der Waals surface area (Å²) in [7, 11) is 3.85. The van der Waals surface area contributed by atoms with Gasteiger partial charge in [0.05, 0.1) is 0 Å². The van der Waals surface area contributed by atoms with E-state index in [2.05, 4.69) is 0 Å². The lowest BCUT2D eigenvalue weighted by Crippen LogP contribution is -2.35. The van der Waals surface area contributed by atoms with Crippen molar-refractivity contribution in [3.8, 4) is 0 Å². The van der Waals surface area contributed by atoms with Gasteiger partial charge in [-0.2, -0.15) is 0 Å². The van der Waals surface area contributed by atoms with E-state index in [1.54, 1.807) is 29.2 Å². The smallest absolute Gasteiger partial charge is 0.323 e. The van der Waals surface area contributed by atoms with Gasteiger partial charge < -0.3 is 20.6 Å². The zero-order chi connectivity index (χ0) is 14.4. The number of aliphatic carboxylic acids is 1. The highest BCUT2D eigenvalue weighted by atomic mass is 16.4. The maximum absolute atomic E-state index is 11.0. The molecule has 0 unspecified atom stereocenters. The standard InChI is InChI=1S/C13H19N3O3/c1-15(2)7-8-16(9-12(17)18)11-5-3-10(4-6-11)13(14)19/h3-6H,7-9H2,1-2H3,(H2,14,19)(H,17,18). The third-order valence-electron chi connectivity index (χ3n) is 2.66. The monoisotopic (exact) mass is 265 g/mol. The first-order valence-corrected chi connectivity index (χ1v) is 5.91. The maximum Gasteiger partial charge on any atom is 0.323 e. The maximum atomic E-state index is 11.0. The van der Waals surface area contributed by atoms with Crippen molar-refractivity contribution < 1.29 is 14.7 Å². The number of primary amides is 1. The topological polar surface area (TPSA) is 86.9 Å². The highest BCUT2D eigenvalue weighted by molar-refractivity contribution is 5.93. The SMILES string of the molecule is CN(C)CCN(CC(=O)O)c1ccc(C(N)=O)cc1. The van der Waals surface area contributed by atoms with Crippen LogP contribution in [0.4, 0.5) is 5.69 Å². The molecule has 19 heavy (non-hydrogen) atoms. The van der Waals surface area contributed by atoms with E-state index < -0.39 is 11.9 Å². The molecule has 0 aliphatic heterocycles. The number of amides is 1. The summed E-state index contributed by atoms with van der Waals surface area (Å²) in [6.07, 6.45) is 0. The lowest BCUT2D eigenvalue weighted by Gasteiger charge is -2.24. The summed E-state index contributed by atoms with van der Waals surface area (Å²) in [5, 5.41) is 8.92. The van der Waals surface area contributed by atoms with Crippen LogP contribution in [0.5, 0.6) is 0 Å². The average Bonchev–Trinajstić information content (AvgIpc) is 2.34. The van der Waals surface area contributed by atoms with Crippen molar-refractivity contribution in [1.29, 1.82) is 0 Å². The summed E-state index contributed by atoms with van der Waals surface area (Å²) in [4.78, 5) is 25.6. The van der Waals surface area contributed by atoms with Crippen LogP contribution < -0.4 is 10.6 Å². The molecule has 0 fully saturated rings. The van der Waals surface area contributed by atoms with Gasteiger partial charge in [-0.05, 0) is 38.4 Å².